The average molecular weight is 451 g/mol. The molecule has 28 heavy (non-hydrogen) atoms. The van der Waals surface area contributed by atoms with Crippen LogP contribution in [-0.4, -0.2) is 25.1 Å². The molecule has 0 saturated carbocycles. The molecule has 1 saturated heterocycles. The van der Waals surface area contributed by atoms with Crippen molar-refractivity contribution >= 4 is 63.6 Å². The second kappa shape index (κ2) is 7.41. The van der Waals surface area contributed by atoms with E-state index in [4.69, 9.17) is 28.2 Å². The summed E-state index contributed by atoms with van der Waals surface area (Å²) in [5, 5.41) is 11.1. The van der Waals surface area contributed by atoms with Gasteiger partial charge >= 0.3 is 12.1 Å². The largest absolute Gasteiger partial charge is 0.433 e. The van der Waals surface area contributed by atoms with Gasteiger partial charge < -0.3 is 4.42 Å². The summed E-state index contributed by atoms with van der Waals surface area (Å²) in [6, 6.07) is 3.08. The van der Waals surface area contributed by atoms with Crippen LogP contribution < -0.4 is 5.43 Å². The molecule has 8 nitrogen and oxygen atoms in total. The SMILES string of the molecule is O=C1C(=Cc2ccc([N+](=O)[O-])o2)SC(=S)N1Nc1ncc(C(F)(F)F)cc1Cl. The number of thioether (sulfide) groups is 1. The number of amides is 1. The minimum atomic E-state index is -4.62. The highest BCUT2D eigenvalue weighted by Gasteiger charge is 2.35. The van der Waals surface area contributed by atoms with Gasteiger partial charge in [-0.1, -0.05) is 23.4 Å². The van der Waals surface area contributed by atoms with Crippen molar-refractivity contribution in [2.75, 3.05) is 5.43 Å². The number of nitro groups is 1. The van der Waals surface area contributed by atoms with E-state index in [1.807, 2.05) is 0 Å². The Hall–Kier alpha value is -2.64. The highest BCUT2D eigenvalue weighted by Crippen LogP contribution is 2.36. The van der Waals surface area contributed by atoms with Crippen LogP contribution in [0.25, 0.3) is 6.08 Å². The number of anilines is 1. The van der Waals surface area contributed by atoms with Gasteiger partial charge in [-0.05, 0) is 24.4 Å². The van der Waals surface area contributed by atoms with E-state index in [0.717, 1.165) is 22.8 Å². The Bertz CT molecular complexity index is 1020. The second-order valence-electron chi connectivity index (χ2n) is 5.11. The van der Waals surface area contributed by atoms with Crippen LogP contribution >= 0.6 is 35.6 Å². The van der Waals surface area contributed by atoms with E-state index in [1.54, 1.807) is 0 Å². The Balaban J connectivity index is 1.80. The van der Waals surface area contributed by atoms with Crippen molar-refractivity contribution in [1.82, 2.24) is 9.99 Å². The predicted octanol–water partition coefficient (Wildman–Crippen LogP) is 4.48. The van der Waals surface area contributed by atoms with Gasteiger partial charge in [0, 0.05) is 12.3 Å². The standard InChI is InChI=1S/C14H6ClF3N4O4S2/c15-8-3-6(14(16,17)18)5-19-11(8)20-21-12(23)9(28-13(21)27)4-7-1-2-10(26-7)22(24)25/h1-5H,(H,19,20). The lowest BCUT2D eigenvalue weighted by Crippen LogP contribution is -2.34. The fraction of sp³-hybridized carbons (Fsp3) is 0.0714. The molecule has 14 heteroatoms. The lowest BCUT2D eigenvalue weighted by Gasteiger charge is -2.17. The van der Waals surface area contributed by atoms with Gasteiger partial charge in [-0.3, -0.25) is 20.3 Å². The van der Waals surface area contributed by atoms with E-state index < -0.39 is 28.5 Å². The topological polar surface area (TPSA) is 102 Å². The Labute approximate surface area is 168 Å². The van der Waals surface area contributed by atoms with Crippen molar-refractivity contribution in [2.45, 2.75) is 6.18 Å². The summed E-state index contributed by atoms with van der Waals surface area (Å²) in [4.78, 5) is 26.0. The molecule has 0 aliphatic carbocycles. The van der Waals surface area contributed by atoms with Crippen LogP contribution in [0.2, 0.25) is 5.02 Å². The van der Waals surface area contributed by atoms with E-state index in [2.05, 4.69) is 10.4 Å². The number of hydrazine groups is 1. The summed E-state index contributed by atoms with van der Waals surface area (Å²) in [7, 11) is 0. The molecule has 1 aliphatic rings. The Kier molecular flexibility index (Phi) is 5.32. The Morgan fingerprint density at radius 3 is 2.71 bits per heavy atom. The zero-order valence-electron chi connectivity index (χ0n) is 13.2. The molecule has 0 aromatic carbocycles. The van der Waals surface area contributed by atoms with E-state index in [1.165, 1.54) is 12.1 Å². The maximum atomic E-state index is 12.7. The summed E-state index contributed by atoms with van der Waals surface area (Å²) in [5.74, 6) is -1.31. The molecule has 0 bridgehead atoms. The van der Waals surface area contributed by atoms with Gasteiger partial charge in [0.2, 0.25) is 0 Å². The molecular formula is C14H6ClF3N4O4S2. The fourth-order valence-electron chi connectivity index (χ4n) is 1.99. The van der Waals surface area contributed by atoms with Crippen LogP contribution in [0.1, 0.15) is 11.3 Å². The van der Waals surface area contributed by atoms with Crippen molar-refractivity contribution < 1.29 is 27.3 Å². The highest BCUT2D eigenvalue weighted by atomic mass is 35.5. The molecule has 0 atom stereocenters. The number of nitrogens with one attached hydrogen (secondary N) is 1. The van der Waals surface area contributed by atoms with Crippen molar-refractivity contribution in [3.63, 3.8) is 0 Å². The van der Waals surface area contributed by atoms with Gasteiger partial charge in [-0.25, -0.2) is 4.98 Å². The molecular weight excluding hydrogens is 445 g/mol. The molecule has 1 aliphatic heterocycles. The maximum Gasteiger partial charge on any atom is 0.433 e. The molecule has 0 spiro atoms. The number of furan rings is 1. The van der Waals surface area contributed by atoms with Crippen LogP contribution in [0.15, 0.2) is 33.7 Å². The van der Waals surface area contributed by atoms with Gasteiger partial charge in [-0.15, -0.1) is 0 Å². The van der Waals surface area contributed by atoms with Crippen LogP contribution in [0.4, 0.5) is 24.9 Å². The first-order valence-corrected chi connectivity index (χ1v) is 8.68. The number of halogens is 4. The van der Waals surface area contributed by atoms with Crippen molar-refractivity contribution in [2.24, 2.45) is 0 Å². The summed E-state index contributed by atoms with van der Waals surface area (Å²) in [6.07, 6.45) is -2.81. The number of carbonyl (C=O) groups is 1. The summed E-state index contributed by atoms with van der Waals surface area (Å²) < 4.78 is 43.0. The summed E-state index contributed by atoms with van der Waals surface area (Å²) in [6.45, 7) is 0. The first-order chi connectivity index (χ1) is 13.1. The number of aromatic nitrogens is 1. The van der Waals surface area contributed by atoms with E-state index in [0.29, 0.717) is 12.3 Å². The molecule has 3 heterocycles. The number of hydrogen-bond donors (Lipinski definition) is 1. The van der Waals surface area contributed by atoms with Crippen LogP contribution in [0.3, 0.4) is 0 Å². The van der Waals surface area contributed by atoms with Gasteiger partial charge in [0.25, 0.3) is 5.91 Å². The lowest BCUT2D eigenvalue weighted by molar-refractivity contribution is -0.402. The number of hydrogen-bond acceptors (Lipinski definition) is 8. The van der Waals surface area contributed by atoms with Crippen molar-refractivity contribution in [1.29, 1.82) is 0 Å². The first-order valence-electron chi connectivity index (χ1n) is 7.08. The van der Waals surface area contributed by atoms with E-state index >= 15 is 0 Å². The maximum absolute atomic E-state index is 12.7. The molecule has 1 N–H and O–H groups in total. The third kappa shape index (κ3) is 4.10. The number of rotatable bonds is 4. The highest BCUT2D eigenvalue weighted by molar-refractivity contribution is 8.26. The summed E-state index contributed by atoms with van der Waals surface area (Å²) >= 11 is 11.7. The third-order valence-electron chi connectivity index (χ3n) is 3.25. The first kappa shape index (κ1) is 20.1. The summed E-state index contributed by atoms with van der Waals surface area (Å²) in [5.41, 5.74) is 1.41. The molecule has 146 valence electrons. The number of thiocarbonyl (C=S) groups is 1. The molecule has 1 amide bonds. The van der Waals surface area contributed by atoms with Gasteiger partial charge in [-0.2, -0.15) is 18.2 Å². The molecule has 3 rings (SSSR count). The van der Waals surface area contributed by atoms with Crippen LogP contribution in [0.5, 0.6) is 0 Å². The number of nitrogens with zero attached hydrogens (tertiary/aromatic N) is 3. The van der Waals surface area contributed by atoms with Gasteiger partial charge in [0.15, 0.2) is 10.1 Å². The molecule has 2 aromatic rings. The average Bonchev–Trinajstić information content (AvgIpc) is 3.16. The van der Waals surface area contributed by atoms with Crippen molar-refractivity contribution in [3.05, 3.63) is 55.8 Å². The van der Waals surface area contributed by atoms with E-state index in [-0.39, 0.29) is 25.8 Å². The van der Waals surface area contributed by atoms with Gasteiger partial charge in [0.1, 0.15) is 10.7 Å². The zero-order valence-corrected chi connectivity index (χ0v) is 15.6. The zero-order chi connectivity index (χ0) is 20.6. The number of alkyl halides is 3. The van der Waals surface area contributed by atoms with Crippen molar-refractivity contribution in [3.8, 4) is 0 Å². The van der Waals surface area contributed by atoms with Crippen LogP contribution in [0, 0.1) is 10.1 Å². The monoisotopic (exact) mass is 450 g/mol. The van der Waals surface area contributed by atoms with Crippen LogP contribution in [-0.2, 0) is 11.0 Å². The predicted molar refractivity (Wildman–Crippen MR) is 98.2 cm³/mol. The fourth-order valence-corrected chi connectivity index (χ4v) is 3.36. The number of pyridine rings is 1. The normalized spacial score (nSPS) is 16.1. The lowest BCUT2D eigenvalue weighted by atomic mass is 10.3. The quantitative estimate of drug-likeness (QED) is 0.315. The third-order valence-corrected chi connectivity index (χ3v) is 4.84. The number of carbonyl (C=O) groups excluding carboxylic acids is 1. The molecule has 1 fully saturated rings. The van der Waals surface area contributed by atoms with E-state index in [9.17, 15) is 28.1 Å². The molecule has 0 unspecified atom stereocenters. The molecule has 2 aromatic heterocycles. The minimum absolute atomic E-state index is 0.0232. The second-order valence-corrected chi connectivity index (χ2v) is 7.20. The molecule has 0 radical (unpaired) electrons. The Morgan fingerprint density at radius 1 is 1.43 bits per heavy atom. The minimum Gasteiger partial charge on any atom is -0.401 e. The smallest absolute Gasteiger partial charge is 0.401 e. The Morgan fingerprint density at radius 2 is 2.14 bits per heavy atom. The van der Waals surface area contributed by atoms with Gasteiger partial charge in [0.05, 0.1) is 21.6 Å².